The van der Waals surface area contributed by atoms with Crippen LogP contribution in [0.15, 0.2) is 0 Å². The van der Waals surface area contributed by atoms with E-state index in [1.165, 1.54) is 0 Å². The maximum atomic E-state index is 10.2. The smallest absolute Gasteiger partial charge is 0.134 e. The number of aryl methyl sites for hydroxylation is 1. The van der Waals surface area contributed by atoms with E-state index in [4.69, 9.17) is 0 Å². The van der Waals surface area contributed by atoms with Gasteiger partial charge >= 0.3 is 0 Å². The van der Waals surface area contributed by atoms with Crippen molar-refractivity contribution in [3.05, 3.63) is 11.4 Å². The van der Waals surface area contributed by atoms with Crippen molar-refractivity contribution >= 4 is 11.6 Å². The Morgan fingerprint density at radius 3 is 2.05 bits per heavy atom. The molecule has 0 saturated carbocycles. The van der Waals surface area contributed by atoms with Crippen molar-refractivity contribution in [3.63, 3.8) is 0 Å². The topological polar surface area (TPSA) is 70.1 Å². The lowest BCUT2D eigenvalue weighted by atomic mass is 9.96. The molecule has 1 aromatic heterocycles. The standard InChI is InChI=1S/C16H30N4O/c1-6-12(7-2)13(21)10-18-16-11(5)15(17-9-4)19-14(8-3)20-16/h12-13,21H,6-10H2,1-5H3,(H2,17,18,19,20). The summed E-state index contributed by atoms with van der Waals surface area (Å²) in [6, 6.07) is 0. The second-order valence-corrected chi connectivity index (χ2v) is 5.37. The Hall–Kier alpha value is -1.36. The quantitative estimate of drug-likeness (QED) is 0.653. The van der Waals surface area contributed by atoms with Crippen molar-refractivity contribution in [1.29, 1.82) is 0 Å². The molecule has 5 heteroatoms. The maximum absolute atomic E-state index is 10.2. The van der Waals surface area contributed by atoms with Gasteiger partial charge in [0.15, 0.2) is 0 Å². The minimum Gasteiger partial charge on any atom is -0.391 e. The molecular weight excluding hydrogens is 264 g/mol. The van der Waals surface area contributed by atoms with Crippen LogP contribution in [0.2, 0.25) is 0 Å². The van der Waals surface area contributed by atoms with Crippen LogP contribution >= 0.6 is 0 Å². The Labute approximate surface area is 128 Å². The molecular formula is C16H30N4O. The number of aliphatic hydroxyl groups is 1. The highest BCUT2D eigenvalue weighted by Gasteiger charge is 2.16. The monoisotopic (exact) mass is 294 g/mol. The molecule has 0 radical (unpaired) electrons. The summed E-state index contributed by atoms with van der Waals surface area (Å²) in [5.74, 6) is 2.85. The Balaban J connectivity index is 2.84. The Morgan fingerprint density at radius 1 is 1.00 bits per heavy atom. The number of rotatable bonds is 9. The highest BCUT2D eigenvalue weighted by atomic mass is 16.3. The summed E-state index contributed by atoms with van der Waals surface area (Å²) in [5, 5.41) is 16.8. The SMILES string of the molecule is CCNc1nc(CC)nc(NCC(O)C(CC)CC)c1C. The summed E-state index contributed by atoms with van der Waals surface area (Å²) in [6.07, 6.45) is 2.43. The van der Waals surface area contributed by atoms with Gasteiger partial charge in [0.2, 0.25) is 0 Å². The minimum absolute atomic E-state index is 0.332. The fourth-order valence-corrected chi connectivity index (χ4v) is 2.43. The maximum Gasteiger partial charge on any atom is 0.134 e. The first-order valence-corrected chi connectivity index (χ1v) is 8.10. The van der Waals surface area contributed by atoms with Crippen LogP contribution in [0.4, 0.5) is 11.6 Å². The number of anilines is 2. The number of aliphatic hydroxyl groups excluding tert-OH is 1. The van der Waals surface area contributed by atoms with E-state index in [9.17, 15) is 5.11 Å². The van der Waals surface area contributed by atoms with Crippen LogP contribution < -0.4 is 10.6 Å². The van der Waals surface area contributed by atoms with E-state index in [1.54, 1.807) is 0 Å². The summed E-state index contributed by atoms with van der Waals surface area (Å²) in [6.45, 7) is 11.7. The predicted octanol–water partition coefficient (Wildman–Crippen LogP) is 2.99. The van der Waals surface area contributed by atoms with Gasteiger partial charge in [-0.2, -0.15) is 0 Å². The van der Waals surface area contributed by atoms with E-state index in [0.29, 0.717) is 12.5 Å². The van der Waals surface area contributed by atoms with Crippen LogP contribution in [0.5, 0.6) is 0 Å². The van der Waals surface area contributed by atoms with Crippen molar-refractivity contribution < 1.29 is 5.11 Å². The Kier molecular flexibility index (Phi) is 7.43. The summed E-state index contributed by atoms with van der Waals surface area (Å²) in [5.41, 5.74) is 1.01. The van der Waals surface area contributed by atoms with Gasteiger partial charge in [0.1, 0.15) is 17.5 Å². The number of nitrogens with zero attached hydrogens (tertiary/aromatic N) is 2. The molecule has 1 heterocycles. The highest BCUT2D eigenvalue weighted by Crippen LogP contribution is 2.21. The van der Waals surface area contributed by atoms with Gasteiger partial charge in [-0.3, -0.25) is 0 Å². The molecule has 0 fully saturated rings. The lowest BCUT2D eigenvalue weighted by Gasteiger charge is -2.21. The second-order valence-electron chi connectivity index (χ2n) is 5.37. The molecule has 0 spiro atoms. The molecule has 0 bridgehead atoms. The zero-order valence-electron chi connectivity index (χ0n) is 14.0. The summed E-state index contributed by atoms with van der Waals surface area (Å²) in [7, 11) is 0. The molecule has 1 atom stereocenters. The van der Waals surface area contributed by atoms with Gasteiger partial charge in [-0.05, 0) is 19.8 Å². The van der Waals surface area contributed by atoms with E-state index in [0.717, 1.165) is 48.8 Å². The van der Waals surface area contributed by atoms with Gasteiger partial charge in [-0.15, -0.1) is 0 Å². The molecule has 1 unspecified atom stereocenters. The third-order valence-corrected chi connectivity index (χ3v) is 3.92. The zero-order chi connectivity index (χ0) is 15.8. The molecule has 1 rings (SSSR count). The Morgan fingerprint density at radius 2 is 1.57 bits per heavy atom. The average molecular weight is 294 g/mol. The van der Waals surface area contributed by atoms with Gasteiger partial charge in [0.25, 0.3) is 0 Å². The van der Waals surface area contributed by atoms with E-state index in [1.807, 2.05) is 13.8 Å². The lowest BCUT2D eigenvalue weighted by Crippen LogP contribution is -2.28. The van der Waals surface area contributed by atoms with Gasteiger partial charge in [-0.25, -0.2) is 9.97 Å². The molecule has 0 aliphatic carbocycles. The lowest BCUT2D eigenvalue weighted by molar-refractivity contribution is 0.114. The number of aromatic nitrogens is 2. The molecule has 120 valence electrons. The van der Waals surface area contributed by atoms with E-state index >= 15 is 0 Å². The Bertz CT molecular complexity index is 433. The van der Waals surface area contributed by atoms with Gasteiger partial charge in [0.05, 0.1) is 6.10 Å². The number of hydrogen-bond acceptors (Lipinski definition) is 5. The molecule has 0 amide bonds. The number of nitrogens with one attached hydrogen (secondary N) is 2. The molecule has 0 aliphatic rings. The first kappa shape index (κ1) is 17.7. The predicted molar refractivity (Wildman–Crippen MR) is 88.9 cm³/mol. The van der Waals surface area contributed by atoms with Crippen LogP contribution in [0.1, 0.15) is 51.9 Å². The summed E-state index contributed by atoms with van der Waals surface area (Å²) >= 11 is 0. The molecule has 0 aliphatic heterocycles. The van der Waals surface area contributed by atoms with Crippen molar-refractivity contribution in [2.75, 3.05) is 23.7 Å². The van der Waals surface area contributed by atoms with Crippen molar-refractivity contribution in [3.8, 4) is 0 Å². The first-order chi connectivity index (χ1) is 10.1. The van der Waals surface area contributed by atoms with E-state index in [2.05, 4.69) is 41.4 Å². The molecule has 1 aromatic rings. The largest absolute Gasteiger partial charge is 0.391 e. The van der Waals surface area contributed by atoms with Crippen LogP contribution in [0.25, 0.3) is 0 Å². The summed E-state index contributed by atoms with van der Waals surface area (Å²) in [4.78, 5) is 9.05. The third kappa shape index (κ3) is 4.84. The van der Waals surface area contributed by atoms with Gasteiger partial charge < -0.3 is 15.7 Å². The van der Waals surface area contributed by atoms with Crippen molar-refractivity contribution in [1.82, 2.24) is 9.97 Å². The van der Waals surface area contributed by atoms with Crippen LogP contribution in [-0.2, 0) is 6.42 Å². The molecule has 5 nitrogen and oxygen atoms in total. The number of hydrogen-bond donors (Lipinski definition) is 3. The molecule has 0 saturated heterocycles. The van der Waals surface area contributed by atoms with E-state index < -0.39 is 0 Å². The zero-order valence-corrected chi connectivity index (χ0v) is 14.0. The molecule has 0 aromatic carbocycles. The van der Waals surface area contributed by atoms with Crippen LogP contribution in [-0.4, -0.2) is 34.3 Å². The summed E-state index contributed by atoms with van der Waals surface area (Å²) < 4.78 is 0. The van der Waals surface area contributed by atoms with Crippen LogP contribution in [0.3, 0.4) is 0 Å². The normalized spacial score (nSPS) is 12.5. The first-order valence-electron chi connectivity index (χ1n) is 8.10. The molecule has 3 N–H and O–H groups in total. The average Bonchev–Trinajstić information content (AvgIpc) is 2.49. The third-order valence-electron chi connectivity index (χ3n) is 3.92. The van der Waals surface area contributed by atoms with Gasteiger partial charge in [0, 0.05) is 25.1 Å². The van der Waals surface area contributed by atoms with Gasteiger partial charge in [-0.1, -0.05) is 33.6 Å². The van der Waals surface area contributed by atoms with Crippen molar-refractivity contribution in [2.45, 2.75) is 60.0 Å². The fraction of sp³-hybridized carbons (Fsp3) is 0.750. The van der Waals surface area contributed by atoms with Crippen LogP contribution in [0, 0.1) is 12.8 Å². The fourth-order valence-electron chi connectivity index (χ4n) is 2.43. The minimum atomic E-state index is -0.345. The second kappa shape index (κ2) is 8.82. The molecule has 21 heavy (non-hydrogen) atoms. The van der Waals surface area contributed by atoms with E-state index in [-0.39, 0.29) is 6.10 Å². The highest BCUT2D eigenvalue weighted by molar-refractivity contribution is 5.57. The van der Waals surface area contributed by atoms with Crippen molar-refractivity contribution in [2.24, 2.45) is 5.92 Å².